The first kappa shape index (κ1) is 25.0. The monoisotopic (exact) mass is 517 g/mol. The molecule has 3 N–H and O–H groups in total. The van der Waals surface area contributed by atoms with Crippen LogP contribution in [0, 0.1) is 13.8 Å². The molecule has 0 aliphatic rings. The molecule has 2 aromatic rings. The van der Waals surface area contributed by atoms with Gasteiger partial charge < -0.3 is 25.2 Å². The Hall–Kier alpha value is -2.01. The number of rotatable bonds is 9. The minimum Gasteiger partial charge on any atom is -0.493 e. The summed E-state index contributed by atoms with van der Waals surface area (Å²) in [5, 5.41) is 20.0. The highest BCUT2D eigenvalue weighted by Gasteiger charge is 2.10. The maximum Gasteiger partial charge on any atom is 0.191 e. The standard InChI is InChI=1S/C20H31N5O3.HI/c1-6-21-20(23-13-17-14(2)24-25(4)15(17)3)22-12-16-7-8-18(28-10-9-26)19(11-16)27-5;/h7-8,11,26H,6,9-10,12-13H2,1-5H3,(H2,21,22,23);1H. The lowest BCUT2D eigenvalue weighted by molar-refractivity contribution is 0.196. The van der Waals surface area contributed by atoms with Gasteiger partial charge in [0.25, 0.3) is 0 Å². The zero-order chi connectivity index (χ0) is 20.5. The van der Waals surface area contributed by atoms with Crippen LogP contribution >= 0.6 is 24.0 Å². The van der Waals surface area contributed by atoms with Gasteiger partial charge in [0, 0.05) is 31.4 Å². The second-order valence-electron chi connectivity index (χ2n) is 6.38. The van der Waals surface area contributed by atoms with E-state index in [-0.39, 0.29) is 37.2 Å². The number of halogens is 1. The second kappa shape index (κ2) is 12.5. The first-order valence-electron chi connectivity index (χ1n) is 9.42. The summed E-state index contributed by atoms with van der Waals surface area (Å²) in [6.07, 6.45) is 0. The van der Waals surface area contributed by atoms with Crippen molar-refractivity contribution in [1.29, 1.82) is 0 Å². The highest BCUT2D eigenvalue weighted by Crippen LogP contribution is 2.28. The molecule has 1 aromatic heterocycles. The van der Waals surface area contributed by atoms with Gasteiger partial charge in [0.05, 0.1) is 26.0 Å². The number of ether oxygens (including phenoxy) is 2. The number of nitrogens with one attached hydrogen (secondary N) is 2. The lowest BCUT2D eigenvalue weighted by atomic mass is 10.2. The molecule has 0 fully saturated rings. The maximum atomic E-state index is 8.91. The minimum absolute atomic E-state index is 0. The predicted octanol–water partition coefficient (Wildman–Crippen LogP) is 2.29. The van der Waals surface area contributed by atoms with Crippen LogP contribution in [0.25, 0.3) is 0 Å². The van der Waals surface area contributed by atoms with Gasteiger partial charge in [-0.25, -0.2) is 4.99 Å². The van der Waals surface area contributed by atoms with E-state index >= 15 is 0 Å². The predicted molar refractivity (Wildman–Crippen MR) is 125 cm³/mol. The van der Waals surface area contributed by atoms with Gasteiger partial charge in [0.2, 0.25) is 0 Å². The molecule has 0 aliphatic carbocycles. The third-order valence-corrected chi connectivity index (χ3v) is 4.43. The molecule has 0 radical (unpaired) electrons. The maximum absolute atomic E-state index is 8.91. The zero-order valence-electron chi connectivity index (χ0n) is 17.8. The molecule has 0 spiro atoms. The average molecular weight is 517 g/mol. The number of nitrogens with zero attached hydrogens (tertiary/aromatic N) is 3. The largest absolute Gasteiger partial charge is 0.493 e. The molecule has 0 amide bonds. The van der Waals surface area contributed by atoms with Crippen LogP contribution in [0.2, 0.25) is 0 Å². The van der Waals surface area contributed by atoms with E-state index in [0.29, 0.717) is 24.6 Å². The summed E-state index contributed by atoms with van der Waals surface area (Å²) in [5.41, 5.74) is 4.34. The molecule has 0 saturated carbocycles. The average Bonchev–Trinajstić information content (AvgIpc) is 2.94. The molecule has 1 heterocycles. The van der Waals surface area contributed by atoms with Crippen molar-refractivity contribution < 1.29 is 14.6 Å². The molecule has 162 valence electrons. The Bertz CT molecular complexity index is 808. The van der Waals surface area contributed by atoms with Crippen molar-refractivity contribution in [2.75, 3.05) is 26.9 Å². The van der Waals surface area contributed by atoms with Gasteiger partial charge in [0.1, 0.15) is 6.61 Å². The van der Waals surface area contributed by atoms with E-state index in [2.05, 4.69) is 27.6 Å². The summed E-state index contributed by atoms with van der Waals surface area (Å²) in [5.74, 6) is 1.97. The SMILES string of the molecule is CCNC(=NCc1ccc(OCCO)c(OC)c1)NCc1c(C)nn(C)c1C.I. The molecular weight excluding hydrogens is 485 g/mol. The number of hydrogen-bond donors (Lipinski definition) is 3. The van der Waals surface area contributed by atoms with Crippen LogP contribution in [0.15, 0.2) is 23.2 Å². The van der Waals surface area contributed by atoms with Crippen molar-refractivity contribution >= 4 is 29.9 Å². The van der Waals surface area contributed by atoms with E-state index < -0.39 is 0 Å². The Morgan fingerprint density at radius 3 is 2.59 bits per heavy atom. The summed E-state index contributed by atoms with van der Waals surface area (Å²) in [6.45, 7) is 8.24. The summed E-state index contributed by atoms with van der Waals surface area (Å²) >= 11 is 0. The van der Waals surface area contributed by atoms with E-state index in [9.17, 15) is 0 Å². The zero-order valence-corrected chi connectivity index (χ0v) is 20.1. The Kier molecular flexibility index (Phi) is 10.8. The Balaban J connectivity index is 0.00000420. The van der Waals surface area contributed by atoms with Gasteiger partial charge in [-0.05, 0) is 38.5 Å². The third kappa shape index (κ3) is 7.07. The van der Waals surface area contributed by atoms with Crippen molar-refractivity contribution in [3.8, 4) is 11.5 Å². The summed E-state index contributed by atoms with van der Waals surface area (Å²) in [7, 11) is 3.55. The number of guanidine groups is 1. The normalized spacial score (nSPS) is 11.0. The summed E-state index contributed by atoms with van der Waals surface area (Å²) in [4.78, 5) is 4.66. The topological polar surface area (TPSA) is 92.9 Å². The highest BCUT2D eigenvalue weighted by molar-refractivity contribution is 14.0. The third-order valence-electron chi connectivity index (χ3n) is 4.43. The molecule has 9 heteroatoms. The van der Waals surface area contributed by atoms with E-state index in [4.69, 9.17) is 14.6 Å². The van der Waals surface area contributed by atoms with Crippen LogP contribution in [0.3, 0.4) is 0 Å². The number of aliphatic hydroxyl groups excluding tert-OH is 1. The quantitative estimate of drug-likeness (QED) is 0.269. The van der Waals surface area contributed by atoms with Crippen LogP contribution < -0.4 is 20.1 Å². The number of methoxy groups -OCH3 is 1. The van der Waals surface area contributed by atoms with Crippen molar-refractivity contribution in [3.05, 3.63) is 40.7 Å². The lowest BCUT2D eigenvalue weighted by Gasteiger charge is -2.13. The molecule has 29 heavy (non-hydrogen) atoms. The Labute approximate surface area is 189 Å². The van der Waals surface area contributed by atoms with Crippen LogP contribution in [-0.2, 0) is 20.1 Å². The molecule has 0 atom stereocenters. The van der Waals surface area contributed by atoms with Gasteiger partial charge in [-0.15, -0.1) is 24.0 Å². The van der Waals surface area contributed by atoms with E-state index in [1.165, 1.54) is 5.56 Å². The van der Waals surface area contributed by atoms with Gasteiger partial charge in [-0.2, -0.15) is 5.10 Å². The fourth-order valence-electron chi connectivity index (χ4n) is 2.84. The van der Waals surface area contributed by atoms with Crippen LogP contribution in [0.5, 0.6) is 11.5 Å². The van der Waals surface area contributed by atoms with Crippen molar-refractivity contribution in [2.24, 2.45) is 12.0 Å². The summed E-state index contributed by atoms with van der Waals surface area (Å²) in [6, 6.07) is 5.68. The van der Waals surface area contributed by atoms with Crippen molar-refractivity contribution in [3.63, 3.8) is 0 Å². The number of aryl methyl sites for hydroxylation is 2. The van der Waals surface area contributed by atoms with Crippen LogP contribution in [0.4, 0.5) is 0 Å². The molecular formula is C20H32IN5O3. The van der Waals surface area contributed by atoms with Gasteiger partial charge in [-0.3, -0.25) is 4.68 Å². The molecule has 0 saturated heterocycles. The van der Waals surface area contributed by atoms with E-state index in [0.717, 1.165) is 29.5 Å². The first-order chi connectivity index (χ1) is 13.5. The Morgan fingerprint density at radius 1 is 1.24 bits per heavy atom. The number of benzene rings is 1. The molecule has 0 unspecified atom stereocenters. The fraction of sp³-hybridized carbons (Fsp3) is 0.500. The molecule has 0 aliphatic heterocycles. The number of aliphatic imine (C=N–C) groups is 1. The number of hydrogen-bond acceptors (Lipinski definition) is 5. The van der Waals surface area contributed by atoms with Gasteiger partial charge in [-0.1, -0.05) is 6.07 Å². The molecule has 2 rings (SSSR count). The highest BCUT2D eigenvalue weighted by atomic mass is 127. The summed E-state index contributed by atoms with van der Waals surface area (Å²) < 4.78 is 12.7. The minimum atomic E-state index is -0.0389. The second-order valence-corrected chi connectivity index (χ2v) is 6.38. The van der Waals surface area contributed by atoms with Crippen LogP contribution in [0.1, 0.15) is 29.4 Å². The molecule has 8 nitrogen and oxygen atoms in total. The number of aliphatic hydroxyl groups is 1. The van der Waals surface area contributed by atoms with Crippen molar-refractivity contribution in [1.82, 2.24) is 20.4 Å². The molecule has 1 aromatic carbocycles. The van der Waals surface area contributed by atoms with Crippen LogP contribution in [-0.4, -0.2) is 47.7 Å². The fourth-order valence-corrected chi connectivity index (χ4v) is 2.84. The van der Waals surface area contributed by atoms with Gasteiger partial charge >= 0.3 is 0 Å². The van der Waals surface area contributed by atoms with E-state index in [1.54, 1.807) is 7.11 Å². The lowest BCUT2D eigenvalue weighted by Crippen LogP contribution is -2.37. The molecule has 0 bridgehead atoms. The van der Waals surface area contributed by atoms with Crippen molar-refractivity contribution in [2.45, 2.75) is 33.9 Å². The van der Waals surface area contributed by atoms with Gasteiger partial charge in [0.15, 0.2) is 17.5 Å². The van der Waals surface area contributed by atoms with E-state index in [1.807, 2.05) is 43.8 Å². The Morgan fingerprint density at radius 2 is 2.00 bits per heavy atom. The smallest absolute Gasteiger partial charge is 0.191 e. The first-order valence-corrected chi connectivity index (χ1v) is 9.42. The number of aromatic nitrogens is 2.